The van der Waals surface area contributed by atoms with Gasteiger partial charge in [0.05, 0.1) is 5.92 Å². The first kappa shape index (κ1) is 14.5. The van der Waals surface area contributed by atoms with Crippen molar-refractivity contribution in [1.82, 2.24) is 10.6 Å². The Bertz CT molecular complexity index is 336. The Hall–Kier alpha value is -0.580. The van der Waals surface area contributed by atoms with Crippen molar-refractivity contribution < 1.29 is 4.79 Å². The molecule has 96 valence electrons. The van der Waals surface area contributed by atoms with Crippen molar-refractivity contribution >= 4 is 29.7 Å². The second-order valence-electron chi connectivity index (χ2n) is 4.28. The van der Waals surface area contributed by atoms with Crippen LogP contribution in [0.3, 0.4) is 0 Å². The van der Waals surface area contributed by atoms with Crippen LogP contribution in [-0.4, -0.2) is 25.0 Å². The summed E-state index contributed by atoms with van der Waals surface area (Å²) in [6.45, 7) is 3.80. The van der Waals surface area contributed by atoms with Crippen molar-refractivity contribution in [3.63, 3.8) is 0 Å². The SMILES string of the molecule is CC(C(=O)NCC1CCCN1)c1cccs1.Cl. The summed E-state index contributed by atoms with van der Waals surface area (Å²) < 4.78 is 0. The van der Waals surface area contributed by atoms with Crippen LogP contribution < -0.4 is 10.6 Å². The highest BCUT2D eigenvalue weighted by molar-refractivity contribution is 7.10. The summed E-state index contributed by atoms with van der Waals surface area (Å²) in [5.41, 5.74) is 0. The normalized spacial score (nSPS) is 20.6. The second-order valence-corrected chi connectivity index (χ2v) is 5.25. The second kappa shape index (κ2) is 6.99. The largest absolute Gasteiger partial charge is 0.354 e. The molecule has 2 N–H and O–H groups in total. The molecule has 5 heteroatoms. The molecule has 1 aliphatic rings. The van der Waals surface area contributed by atoms with Crippen molar-refractivity contribution in [3.8, 4) is 0 Å². The first-order chi connectivity index (χ1) is 7.77. The van der Waals surface area contributed by atoms with E-state index < -0.39 is 0 Å². The lowest BCUT2D eigenvalue weighted by Gasteiger charge is -2.14. The number of hydrogen-bond acceptors (Lipinski definition) is 3. The Morgan fingerprint density at radius 1 is 1.71 bits per heavy atom. The van der Waals surface area contributed by atoms with Gasteiger partial charge in [-0.25, -0.2) is 0 Å². The maximum atomic E-state index is 11.9. The third-order valence-electron chi connectivity index (χ3n) is 3.05. The van der Waals surface area contributed by atoms with Crippen molar-refractivity contribution in [2.45, 2.75) is 31.7 Å². The number of carbonyl (C=O) groups excluding carboxylic acids is 1. The summed E-state index contributed by atoms with van der Waals surface area (Å²) >= 11 is 1.64. The van der Waals surface area contributed by atoms with Crippen LogP contribution >= 0.6 is 23.7 Å². The molecule has 0 spiro atoms. The number of carbonyl (C=O) groups is 1. The standard InChI is InChI=1S/C12H18N2OS.ClH/c1-9(11-5-3-7-16-11)12(15)14-8-10-4-2-6-13-10;/h3,5,7,9-10,13H,2,4,6,8H2,1H3,(H,14,15);1H. The number of halogens is 1. The van der Waals surface area contributed by atoms with Gasteiger partial charge in [-0.1, -0.05) is 6.07 Å². The average Bonchev–Trinajstić information content (AvgIpc) is 2.96. The lowest BCUT2D eigenvalue weighted by Crippen LogP contribution is -2.38. The van der Waals surface area contributed by atoms with Crippen LogP contribution in [-0.2, 0) is 4.79 Å². The molecule has 0 saturated carbocycles. The highest BCUT2D eigenvalue weighted by Gasteiger charge is 2.19. The van der Waals surface area contributed by atoms with E-state index in [-0.39, 0.29) is 24.2 Å². The van der Waals surface area contributed by atoms with E-state index in [1.54, 1.807) is 11.3 Å². The summed E-state index contributed by atoms with van der Waals surface area (Å²) in [6, 6.07) is 4.48. The van der Waals surface area contributed by atoms with E-state index in [9.17, 15) is 4.79 Å². The molecule has 2 atom stereocenters. The van der Waals surface area contributed by atoms with Crippen molar-refractivity contribution in [2.24, 2.45) is 0 Å². The van der Waals surface area contributed by atoms with Gasteiger partial charge in [-0.2, -0.15) is 0 Å². The van der Waals surface area contributed by atoms with Gasteiger partial charge in [-0.05, 0) is 37.8 Å². The summed E-state index contributed by atoms with van der Waals surface area (Å²) in [7, 11) is 0. The van der Waals surface area contributed by atoms with Gasteiger partial charge >= 0.3 is 0 Å². The maximum absolute atomic E-state index is 11.9. The van der Waals surface area contributed by atoms with Crippen LogP contribution in [0.15, 0.2) is 17.5 Å². The van der Waals surface area contributed by atoms with Crippen LogP contribution in [0.4, 0.5) is 0 Å². The maximum Gasteiger partial charge on any atom is 0.228 e. The zero-order chi connectivity index (χ0) is 11.4. The predicted molar refractivity (Wildman–Crippen MR) is 74.0 cm³/mol. The van der Waals surface area contributed by atoms with E-state index in [1.807, 2.05) is 24.4 Å². The highest BCUT2D eigenvalue weighted by Crippen LogP contribution is 2.20. The molecule has 0 aromatic carbocycles. The molecule has 1 aromatic rings. The lowest BCUT2D eigenvalue weighted by molar-refractivity contribution is -0.122. The lowest BCUT2D eigenvalue weighted by atomic mass is 10.1. The minimum absolute atomic E-state index is 0. The van der Waals surface area contributed by atoms with Crippen LogP contribution in [0, 0.1) is 0 Å². The molecular weight excluding hydrogens is 256 g/mol. The van der Waals surface area contributed by atoms with Gasteiger partial charge in [0.15, 0.2) is 0 Å². The van der Waals surface area contributed by atoms with Crippen LogP contribution in [0.1, 0.15) is 30.6 Å². The molecule has 2 rings (SSSR count). The molecule has 1 amide bonds. The number of hydrogen-bond donors (Lipinski definition) is 2. The van der Waals surface area contributed by atoms with Gasteiger partial charge in [0.1, 0.15) is 0 Å². The average molecular weight is 275 g/mol. The Labute approximate surface area is 112 Å². The van der Waals surface area contributed by atoms with E-state index in [0.717, 1.165) is 18.0 Å². The highest BCUT2D eigenvalue weighted by atomic mass is 35.5. The first-order valence-electron chi connectivity index (χ1n) is 5.82. The van der Waals surface area contributed by atoms with Gasteiger partial charge in [0.2, 0.25) is 5.91 Å². The van der Waals surface area contributed by atoms with Crippen molar-refractivity contribution in [1.29, 1.82) is 0 Å². The third kappa shape index (κ3) is 3.98. The van der Waals surface area contributed by atoms with E-state index in [1.165, 1.54) is 12.8 Å². The summed E-state index contributed by atoms with van der Waals surface area (Å²) in [6.07, 6.45) is 2.40. The minimum Gasteiger partial charge on any atom is -0.354 e. The molecule has 2 heterocycles. The minimum atomic E-state index is -0.0265. The molecule has 1 saturated heterocycles. The van der Waals surface area contributed by atoms with E-state index >= 15 is 0 Å². The number of thiophene rings is 1. The van der Waals surface area contributed by atoms with Gasteiger partial charge < -0.3 is 10.6 Å². The molecule has 2 unspecified atom stereocenters. The fourth-order valence-electron chi connectivity index (χ4n) is 1.97. The predicted octanol–water partition coefficient (Wildman–Crippen LogP) is 2.14. The molecule has 3 nitrogen and oxygen atoms in total. The molecule has 0 bridgehead atoms. The zero-order valence-electron chi connectivity index (χ0n) is 9.94. The number of nitrogens with one attached hydrogen (secondary N) is 2. The monoisotopic (exact) mass is 274 g/mol. The van der Waals surface area contributed by atoms with Gasteiger partial charge in [-0.15, -0.1) is 23.7 Å². The van der Waals surface area contributed by atoms with Crippen molar-refractivity contribution in [2.75, 3.05) is 13.1 Å². The Balaban J connectivity index is 0.00000144. The van der Waals surface area contributed by atoms with E-state index in [2.05, 4.69) is 10.6 Å². The summed E-state index contributed by atoms with van der Waals surface area (Å²) in [4.78, 5) is 13.0. The van der Waals surface area contributed by atoms with Crippen LogP contribution in [0.2, 0.25) is 0 Å². The summed E-state index contributed by atoms with van der Waals surface area (Å²) in [5.74, 6) is 0.109. The summed E-state index contributed by atoms with van der Waals surface area (Å²) in [5, 5.41) is 8.40. The zero-order valence-corrected chi connectivity index (χ0v) is 11.6. The van der Waals surface area contributed by atoms with E-state index in [4.69, 9.17) is 0 Å². The molecule has 1 fully saturated rings. The third-order valence-corrected chi connectivity index (χ3v) is 4.10. The first-order valence-corrected chi connectivity index (χ1v) is 6.70. The molecule has 1 aliphatic heterocycles. The Morgan fingerprint density at radius 2 is 2.53 bits per heavy atom. The van der Waals surface area contributed by atoms with Crippen LogP contribution in [0.5, 0.6) is 0 Å². The van der Waals surface area contributed by atoms with E-state index in [0.29, 0.717) is 6.04 Å². The smallest absolute Gasteiger partial charge is 0.228 e. The fraction of sp³-hybridized carbons (Fsp3) is 0.583. The topological polar surface area (TPSA) is 41.1 Å². The van der Waals surface area contributed by atoms with Gasteiger partial charge in [-0.3, -0.25) is 4.79 Å². The molecule has 17 heavy (non-hydrogen) atoms. The number of amides is 1. The molecule has 0 aliphatic carbocycles. The van der Waals surface area contributed by atoms with Gasteiger partial charge in [0, 0.05) is 17.5 Å². The molecule has 0 radical (unpaired) electrons. The Kier molecular flexibility index (Phi) is 5.95. The molecule has 1 aromatic heterocycles. The fourth-order valence-corrected chi connectivity index (χ4v) is 2.76. The quantitative estimate of drug-likeness (QED) is 0.883. The van der Waals surface area contributed by atoms with Gasteiger partial charge in [0.25, 0.3) is 0 Å². The molecular formula is C12H19ClN2OS. The number of rotatable bonds is 4. The Morgan fingerprint density at radius 3 is 3.12 bits per heavy atom. The van der Waals surface area contributed by atoms with Crippen LogP contribution in [0.25, 0.3) is 0 Å². The van der Waals surface area contributed by atoms with Crippen molar-refractivity contribution in [3.05, 3.63) is 22.4 Å².